The van der Waals surface area contributed by atoms with Crippen molar-refractivity contribution in [1.82, 2.24) is 4.90 Å². The van der Waals surface area contributed by atoms with Gasteiger partial charge in [0, 0.05) is 12.6 Å². The number of thioether (sulfide) groups is 1. The molecule has 0 spiro atoms. The molecule has 0 aromatic heterocycles. The van der Waals surface area contributed by atoms with Gasteiger partial charge in [0.05, 0.1) is 0 Å². The Morgan fingerprint density at radius 2 is 2.15 bits per heavy atom. The van der Waals surface area contributed by atoms with Crippen LogP contribution in [0.25, 0.3) is 0 Å². The Balaban J connectivity index is 4.67. The Morgan fingerprint density at radius 3 is 2.46 bits per heavy atom. The van der Waals surface area contributed by atoms with Crippen molar-refractivity contribution in [3.05, 3.63) is 0 Å². The number of hydrogen-bond acceptors (Lipinski definition) is 3. The van der Waals surface area contributed by atoms with Gasteiger partial charge < -0.3 is 4.90 Å². The van der Waals surface area contributed by atoms with E-state index < -0.39 is 0 Å². The molecule has 0 amide bonds. The highest BCUT2D eigenvalue weighted by Crippen LogP contribution is 2.20. The van der Waals surface area contributed by atoms with Gasteiger partial charge in [-0.15, -0.1) is 4.99 Å². The summed E-state index contributed by atoms with van der Waals surface area (Å²) in [6.45, 7) is 6.40. The molecule has 0 aliphatic rings. The molecule has 0 aromatic rings. The van der Waals surface area contributed by atoms with Crippen molar-refractivity contribution >= 4 is 16.9 Å². The van der Waals surface area contributed by atoms with Crippen LogP contribution in [0.4, 0.5) is 0 Å². The smallest absolute Gasteiger partial charge is 0.208 e. The zero-order chi connectivity index (χ0) is 10.5. The number of nitriles is 1. The van der Waals surface area contributed by atoms with Gasteiger partial charge in [0.1, 0.15) is 0 Å². The van der Waals surface area contributed by atoms with Crippen LogP contribution in [0.2, 0.25) is 0 Å². The quantitative estimate of drug-likeness (QED) is 0.389. The van der Waals surface area contributed by atoms with Crippen molar-refractivity contribution < 1.29 is 0 Å². The SMILES string of the molecule is CCC(C)(C)N(C)C(=NC#N)SC. The summed E-state index contributed by atoms with van der Waals surface area (Å²) in [4.78, 5) is 5.81. The van der Waals surface area contributed by atoms with Gasteiger partial charge in [0.15, 0.2) is 5.17 Å². The molecule has 0 atom stereocenters. The maximum Gasteiger partial charge on any atom is 0.208 e. The topological polar surface area (TPSA) is 39.4 Å². The highest BCUT2D eigenvalue weighted by atomic mass is 32.2. The summed E-state index contributed by atoms with van der Waals surface area (Å²) in [5.74, 6) is 0. The predicted molar refractivity (Wildman–Crippen MR) is 58.7 cm³/mol. The summed E-state index contributed by atoms with van der Waals surface area (Å²) in [5.41, 5.74) is 0.0543. The number of nitrogens with zero attached hydrogens (tertiary/aromatic N) is 3. The highest BCUT2D eigenvalue weighted by molar-refractivity contribution is 8.13. The van der Waals surface area contributed by atoms with E-state index in [1.54, 1.807) is 0 Å². The van der Waals surface area contributed by atoms with Crippen molar-refractivity contribution in [3.63, 3.8) is 0 Å². The Bertz CT molecular complexity index is 228. The van der Waals surface area contributed by atoms with Gasteiger partial charge in [-0.2, -0.15) is 5.26 Å². The fourth-order valence-corrected chi connectivity index (χ4v) is 1.45. The van der Waals surface area contributed by atoms with Crippen LogP contribution >= 0.6 is 11.8 Å². The average Bonchev–Trinajstić information content (AvgIpc) is 2.13. The molecule has 0 unspecified atom stereocenters. The van der Waals surface area contributed by atoms with Crippen LogP contribution in [-0.4, -0.2) is 28.9 Å². The van der Waals surface area contributed by atoms with E-state index in [0.717, 1.165) is 11.6 Å². The Hall–Kier alpha value is -0.690. The fraction of sp³-hybridized carbons (Fsp3) is 0.778. The first-order valence-electron chi connectivity index (χ1n) is 4.24. The van der Waals surface area contributed by atoms with Crippen LogP contribution in [0.15, 0.2) is 4.99 Å². The Kier molecular flexibility index (Phi) is 4.86. The van der Waals surface area contributed by atoms with Gasteiger partial charge in [0.2, 0.25) is 6.19 Å². The van der Waals surface area contributed by atoms with E-state index in [1.807, 2.05) is 24.4 Å². The van der Waals surface area contributed by atoms with Gasteiger partial charge in [-0.3, -0.25) is 0 Å². The lowest BCUT2D eigenvalue weighted by molar-refractivity contribution is 0.251. The van der Waals surface area contributed by atoms with Crippen molar-refractivity contribution in [2.75, 3.05) is 13.3 Å². The van der Waals surface area contributed by atoms with E-state index in [0.29, 0.717) is 0 Å². The van der Waals surface area contributed by atoms with Gasteiger partial charge in [-0.25, -0.2) is 0 Å². The lowest BCUT2D eigenvalue weighted by Crippen LogP contribution is -2.43. The summed E-state index contributed by atoms with van der Waals surface area (Å²) >= 11 is 1.50. The molecule has 0 aromatic carbocycles. The largest absolute Gasteiger partial charge is 0.349 e. The van der Waals surface area contributed by atoms with Crippen molar-refractivity contribution in [1.29, 1.82) is 5.26 Å². The third-order valence-electron chi connectivity index (χ3n) is 2.39. The minimum Gasteiger partial charge on any atom is -0.349 e. The molecule has 3 nitrogen and oxygen atoms in total. The summed E-state index contributed by atoms with van der Waals surface area (Å²) in [6.07, 6.45) is 4.77. The monoisotopic (exact) mass is 199 g/mol. The Morgan fingerprint density at radius 1 is 1.62 bits per heavy atom. The molecular weight excluding hydrogens is 182 g/mol. The van der Waals surface area contributed by atoms with E-state index in [-0.39, 0.29) is 5.54 Å². The summed E-state index contributed by atoms with van der Waals surface area (Å²) in [5, 5.41) is 9.25. The minimum atomic E-state index is 0.0543. The summed E-state index contributed by atoms with van der Waals surface area (Å²) in [6, 6.07) is 0. The average molecular weight is 199 g/mol. The van der Waals surface area contributed by atoms with E-state index >= 15 is 0 Å². The van der Waals surface area contributed by atoms with Crippen LogP contribution in [0.1, 0.15) is 27.2 Å². The van der Waals surface area contributed by atoms with Gasteiger partial charge in [-0.1, -0.05) is 18.7 Å². The molecular formula is C9H17N3S. The number of rotatable bonds is 2. The van der Waals surface area contributed by atoms with Gasteiger partial charge >= 0.3 is 0 Å². The summed E-state index contributed by atoms with van der Waals surface area (Å²) < 4.78 is 0. The lowest BCUT2D eigenvalue weighted by atomic mass is 10.0. The van der Waals surface area contributed by atoms with Crippen molar-refractivity contribution in [2.45, 2.75) is 32.7 Å². The van der Waals surface area contributed by atoms with Crippen LogP contribution in [0.5, 0.6) is 0 Å². The molecule has 0 aliphatic carbocycles. The van der Waals surface area contributed by atoms with E-state index in [1.165, 1.54) is 11.8 Å². The molecule has 0 aliphatic heterocycles. The third-order valence-corrected chi connectivity index (χ3v) is 3.12. The van der Waals surface area contributed by atoms with Crippen LogP contribution in [0, 0.1) is 11.5 Å². The molecule has 0 N–H and O–H groups in total. The third kappa shape index (κ3) is 3.27. The molecule has 0 bridgehead atoms. The maximum atomic E-state index is 8.48. The molecule has 74 valence electrons. The van der Waals surface area contributed by atoms with Crippen LogP contribution in [0.3, 0.4) is 0 Å². The molecule has 0 saturated heterocycles. The number of aliphatic imine (C=N–C) groups is 1. The van der Waals surface area contributed by atoms with Crippen molar-refractivity contribution in [3.8, 4) is 6.19 Å². The number of hydrogen-bond donors (Lipinski definition) is 0. The predicted octanol–water partition coefficient (Wildman–Crippen LogP) is 2.31. The molecule has 4 heteroatoms. The second-order valence-corrected chi connectivity index (χ2v) is 4.20. The minimum absolute atomic E-state index is 0.0543. The Labute approximate surface area is 84.8 Å². The second-order valence-electron chi connectivity index (χ2n) is 3.42. The second kappa shape index (κ2) is 5.13. The normalized spacial score (nSPS) is 12.5. The van der Waals surface area contributed by atoms with E-state index in [4.69, 9.17) is 5.26 Å². The molecule has 0 saturated carbocycles. The standard InChI is InChI=1S/C9H17N3S/c1-6-9(2,3)12(4)8(13-5)11-7-10/h6H2,1-5H3. The van der Waals surface area contributed by atoms with Crippen molar-refractivity contribution in [2.24, 2.45) is 4.99 Å². The first kappa shape index (κ1) is 12.3. The molecule has 0 heterocycles. The zero-order valence-electron chi connectivity index (χ0n) is 8.96. The molecule has 0 radical (unpaired) electrons. The molecule has 0 rings (SSSR count). The highest BCUT2D eigenvalue weighted by Gasteiger charge is 2.23. The first-order chi connectivity index (χ1) is 5.99. The van der Waals surface area contributed by atoms with E-state index in [2.05, 4.69) is 25.8 Å². The maximum absolute atomic E-state index is 8.48. The van der Waals surface area contributed by atoms with Gasteiger partial charge in [-0.05, 0) is 26.5 Å². The summed E-state index contributed by atoms with van der Waals surface area (Å²) in [7, 11) is 1.97. The zero-order valence-corrected chi connectivity index (χ0v) is 9.77. The number of amidine groups is 1. The van der Waals surface area contributed by atoms with Gasteiger partial charge in [0.25, 0.3) is 0 Å². The first-order valence-corrected chi connectivity index (χ1v) is 5.46. The molecule has 0 fully saturated rings. The lowest BCUT2D eigenvalue weighted by Gasteiger charge is -2.36. The van der Waals surface area contributed by atoms with E-state index in [9.17, 15) is 0 Å². The molecule has 13 heavy (non-hydrogen) atoms. The van der Waals surface area contributed by atoms with Crippen LogP contribution in [-0.2, 0) is 0 Å². The van der Waals surface area contributed by atoms with Crippen LogP contribution < -0.4 is 0 Å². The fourth-order valence-electron chi connectivity index (χ4n) is 0.796.